The van der Waals surface area contributed by atoms with Crippen LogP contribution < -0.4 is 4.90 Å². The topological polar surface area (TPSA) is 3.24 Å². The van der Waals surface area contributed by atoms with Gasteiger partial charge in [0.05, 0.1) is 0 Å². The van der Waals surface area contributed by atoms with E-state index in [1.807, 2.05) is 0 Å². The number of benzene rings is 1. The molecule has 1 rings (SSSR count). The van der Waals surface area contributed by atoms with Crippen molar-refractivity contribution in [1.82, 2.24) is 0 Å². The maximum absolute atomic E-state index is 12.8. The van der Waals surface area contributed by atoms with E-state index in [1.54, 1.807) is 18.0 Å². The van der Waals surface area contributed by atoms with Crippen molar-refractivity contribution in [3.05, 3.63) is 54.8 Å². The van der Waals surface area contributed by atoms with Crippen LogP contribution in [0, 0.1) is 11.6 Å². The molecule has 1 nitrogen and oxygen atoms in total. The van der Waals surface area contributed by atoms with Crippen LogP contribution in [0.25, 0.3) is 0 Å². The third kappa shape index (κ3) is 1.99. The zero-order valence-electron chi connectivity index (χ0n) is 7.93. The summed E-state index contributed by atoms with van der Waals surface area (Å²) in [6.07, 6.45) is 1.54. The van der Waals surface area contributed by atoms with Crippen LogP contribution in [0.3, 0.4) is 0 Å². The largest absolute Gasteiger partial charge is 0.345 e. The van der Waals surface area contributed by atoms with Crippen LogP contribution in [0.5, 0.6) is 0 Å². The van der Waals surface area contributed by atoms with E-state index in [4.69, 9.17) is 0 Å². The van der Waals surface area contributed by atoms with Crippen molar-refractivity contribution in [1.29, 1.82) is 0 Å². The molecule has 0 bridgehead atoms. The monoisotopic (exact) mass is 195 g/mol. The molecule has 0 unspecified atom stereocenters. The normalized spacial score (nSPS) is 9.64. The highest BCUT2D eigenvalue weighted by Gasteiger charge is 2.06. The van der Waals surface area contributed by atoms with E-state index in [9.17, 15) is 8.78 Å². The number of rotatable bonds is 3. The van der Waals surface area contributed by atoms with E-state index < -0.39 is 11.6 Å². The standard InChI is InChI=1S/C11H11F2N/c1-4-8(2)14(3)9-5-6-10(12)11(13)7-9/h4-7H,1-2H2,3H3. The number of hydrogen-bond acceptors (Lipinski definition) is 1. The van der Waals surface area contributed by atoms with E-state index in [0.717, 1.165) is 12.1 Å². The first-order valence-corrected chi connectivity index (χ1v) is 4.06. The first kappa shape index (κ1) is 10.4. The number of nitrogens with zero attached hydrogens (tertiary/aromatic N) is 1. The fourth-order valence-electron chi connectivity index (χ4n) is 0.996. The molecule has 0 aromatic heterocycles. The van der Waals surface area contributed by atoms with Crippen molar-refractivity contribution in [3.63, 3.8) is 0 Å². The summed E-state index contributed by atoms with van der Waals surface area (Å²) < 4.78 is 25.5. The van der Waals surface area contributed by atoms with E-state index in [1.165, 1.54) is 6.07 Å². The van der Waals surface area contributed by atoms with Gasteiger partial charge in [-0.2, -0.15) is 0 Å². The van der Waals surface area contributed by atoms with Gasteiger partial charge in [-0.1, -0.05) is 13.2 Å². The fourth-order valence-corrected chi connectivity index (χ4v) is 0.996. The molecule has 0 spiro atoms. The Balaban J connectivity index is 3.02. The fraction of sp³-hybridized carbons (Fsp3) is 0.0909. The van der Waals surface area contributed by atoms with E-state index >= 15 is 0 Å². The van der Waals surface area contributed by atoms with Gasteiger partial charge in [0, 0.05) is 24.5 Å². The summed E-state index contributed by atoms with van der Waals surface area (Å²) in [4.78, 5) is 1.62. The zero-order chi connectivity index (χ0) is 10.7. The van der Waals surface area contributed by atoms with Gasteiger partial charge in [-0.05, 0) is 18.2 Å². The van der Waals surface area contributed by atoms with Crippen molar-refractivity contribution in [2.75, 3.05) is 11.9 Å². The molecule has 0 saturated carbocycles. The minimum absolute atomic E-state index is 0.536. The first-order valence-electron chi connectivity index (χ1n) is 4.06. The lowest BCUT2D eigenvalue weighted by Crippen LogP contribution is -2.14. The van der Waals surface area contributed by atoms with Crippen molar-refractivity contribution in [2.24, 2.45) is 0 Å². The molecular formula is C11H11F2N. The molecule has 1 aromatic carbocycles. The number of likely N-dealkylation sites (N-methyl/N-ethyl adjacent to an activating group) is 1. The van der Waals surface area contributed by atoms with Gasteiger partial charge in [-0.25, -0.2) is 8.78 Å². The Bertz CT molecular complexity index is 372. The molecule has 0 radical (unpaired) electrons. The van der Waals surface area contributed by atoms with Crippen LogP contribution in [0.2, 0.25) is 0 Å². The predicted molar refractivity (Wildman–Crippen MR) is 54.1 cm³/mol. The summed E-state index contributed by atoms with van der Waals surface area (Å²) >= 11 is 0. The summed E-state index contributed by atoms with van der Waals surface area (Å²) in [6.45, 7) is 7.23. The summed E-state index contributed by atoms with van der Waals surface area (Å²) in [5.74, 6) is -1.72. The van der Waals surface area contributed by atoms with Crippen molar-refractivity contribution in [2.45, 2.75) is 0 Å². The second-order valence-corrected chi connectivity index (χ2v) is 2.85. The minimum Gasteiger partial charge on any atom is -0.345 e. The molecule has 14 heavy (non-hydrogen) atoms. The molecule has 0 aliphatic carbocycles. The Morgan fingerprint density at radius 1 is 1.36 bits per heavy atom. The second-order valence-electron chi connectivity index (χ2n) is 2.85. The summed E-state index contributed by atoms with van der Waals surface area (Å²) in [5, 5.41) is 0. The molecule has 0 fully saturated rings. The molecule has 0 saturated heterocycles. The van der Waals surface area contributed by atoms with E-state index in [2.05, 4.69) is 13.2 Å². The van der Waals surface area contributed by atoms with Crippen molar-refractivity contribution < 1.29 is 8.78 Å². The molecule has 0 N–H and O–H groups in total. The minimum atomic E-state index is -0.869. The molecule has 74 valence electrons. The van der Waals surface area contributed by atoms with Gasteiger partial charge in [0.25, 0.3) is 0 Å². The third-order valence-electron chi connectivity index (χ3n) is 1.96. The lowest BCUT2D eigenvalue weighted by Gasteiger charge is -2.19. The summed E-state index contributed by atoms with van der Waals surface area (Å²) in [6, 6.07) is 3.68. The molecule has 3 heteroatoms. The van der Waals surface area contributed by atoms with Crippen molar-refractivity contribution in [3.8, 4) is 0 Å². The summed E-state index contributed by atoms with van der Waals surface area (Å²) in [5.41, 5.74) is 1.16. The molecule has 1 aromatic rings. The SMILES string of the molecule is C=CC(=C)N(C)c1ccc(F)c(F)c1. The lowest BCUT2D eigenvalue weighted by atomic mass is 10.2. The average molecular weight is 195 g/mol. The van der Waals surface area contributed by atoms with Gasteiger partial charge in [-0.3, -0.25) is 0 Å². The molecule has 0 aliphatic heterocycles. The third-order valence-corrected chi connectivity index (χ3v) is 1.96. The van der Waals surface area contributed by atoms with Gasteiger partial charge in [0.2, 0.25) is 0 Å². The highest BCUT2D eigenvalue weighted by Crippen LogP contribution is 2.19. The van der Waals surface area contributed by atoms with Crippen LogP contribution in [0.1, 0.15) is 0 Å². The van der Waals surface area contributed by atoms with Crippen LogP contribution in [-0.2, 0) is 0 Å². The molecule has 0 heterocycles. The zero-order valence-corrected chi connectivity index (χ0v) is 7.93. The highest BCUT2D eigenvalue weighted by molar-refractivity contribution is 5.52. The molecule has 0 amide bonds. The number of anilines is 1. The van der Waals surface area contributed by atoms with Crippen molar-refractivity contribution >= 4 is 5.69 Å². The Hall–Kier alpha value is -1.64. The molecular weight excluding hydrogens is 184 g/mol. The maximum atomic E-state index is 12.8. The van der Waals surface area contributed by atoms with Crippen LogP contribution >= 0.6 is 0 Å². The number of hydrogen-bond donors (Lipinski definition) is 0. The second kappa shape index (κ2) is 4.05. The lowest BCUT2D eigenvalue weighted by molar-refractivity contribution is 0.509. The summed E-state index contributed by atoms with van der Waals surface area (Å²) in [7, 11) is 1.71. The number of allylic oxidation sites excluding steroid dienone is 1. The highest BCUT2D eigenvalue weighted by atomic mass is 19.2. The Labute approximate surface area is 82.0 Å². The Morgan fingerprint density at radius 2 is 2.00 bits per heavy atom. The smallest absolute Gasteiger partial charge is 0.160 e. The predicted octanol–water partition coefficient (Wildman–Crippen LogP) is 3.10. The quantitative estimate of drug-likeness (QED) is 0.670. The maximum Gasteiger partial charge on any atom is 0.160 e. The Morgan fingerprint density at radius 3 is 2.50 bits per heavy atom. The van der Waals surface area contributed by atoms with E-state index in [-0.39, 0.29) is 0 Å². The Kier molecular flexibility index (Phi) is 3.02. The first-order chi connectivity index (χ1) is 6.56. The van der Waals surface area contributed by atoms with E-state index in [0.29, 0.717) is 11.4 Å². The van der Waals surface area contributed by atoms with Crippen LogP contribution in [0.4, 0.5) is 14.5 Å². The van der Waals surface area contributed by atoms with Gasteiger partial charge in [0.1, 0.15) is 0 Å². The van der Waals surface area contributed by atoms with Gasteiger partial charge < -0.3 is 4.90 Å². The van der Waals surface area contributed by atoms with Crippen LogP contribution in [0.15, 0.2) is 43.1 Å². The molecule has 0 aliphatic rings. The van der Waals surface area contributed by atoms with Gasteiger partial charge in [0.15, 0.2) is 11.6 Å². The van der Waals surface area contributed by atoms with Gasteiger partial charge >= 0.3 is 0 Å². The number of halogens is 2. The average Bonchev–Trinajstić information content (AvgIpc) is 2.20. The van der Waals surface area contributed by atoms with Crippen LogP contribution in [-0.4, -0.2) is 7.05 Å². The van der Waals surface area contributed by atoms with Gasteiger partial charge in [-0.15, -0.1) is 0 Å². The molecule has 0 atom stereocenters.